The van der Waals surface area contributed by atoms with Crippen molar-refractivity contribution in [1.29, 1.82) is 0 Å². The molecule has 1 aliphatic rings. The third kappa shape index (κ3) is 4.22. The third-order valence-corrected chi connectivity index (χ3v) is 4.57. The lowest BCUT2D eigenvalue weighted by molar-refractivity contribution is 0.0384. The Labute approximate surface area is 118 Å². The number of nitrogens with zero attached hydrogens (tertiary/aromatic N) is 2. The maximum Gasteiger partial charge on any atom is 0.0945 e. The molecular weight excluding hydrogens is 262 g/mol. The summed E-state index contributed by atoms with van der Waals surface area (Å²) in [5.41, 5.74) is 6.98. The van der Waals surface area contributed by atoms with Crippen molar-refractivity contribution in [2.45, 2.75) is 26.0 Å². The molecule has 0 amide bonds. The molecule has 19 heavy (non-hydrogen) atoms. The van der Waals surface area contributed by atoms with E-state index in [1.807, 2.05) is 6.92 Å². The molecule has 0 aliphatic carbocycles. The topological polar surface area (TPSA) is 60.6 Å². The molecule has 2 N–H and O–H groups in total. The molecule has 1 fully saturated rings. The lowest BCUT2D eigenvalue weighted by atomic mass is 10.2. The molecule has 1 aliphatic heterocycles. The Morgan fingerprint density at radius 2 is 2.21 bits per heavy atom. The highest BCUT2D eigenvalue weighted by Gasteiger charge is 2.16. The van der Waals surface area contributed by atoms with Gasteiger partial charge in [0.15, 0.2) is 0 Å². The minimum absolute atomic E-state index is 0.0276. The largest absolute Gasteiger partial charge is 0.379 e. The van der Waals surface area contributed by atoms with E-state index in [1.54, 1.807) is 18.4 Å². The molecule has 2 rings (SSSR count). The quantitative estimate of drug-likeness (QED) is 0.850. The first-order valence-electron chi connectivity index (χ1n) is 6.73. The van der Waals surface area contributed by atoms with E-state index in [1.165, 1.54) is 0 Å². The van der Waals surface area contributed by atoms with Gasteiger partial charge in [0.1, 0.15) is 0 Å². The molecule has 108 valence electrons. The van der Waals surface area contributed by atoms with Gasteiger partial charge in [0.25, 0.3) is 0 Å². The second kappa shape index (κ2) is 7.31. The normalized spacial score (nSPS) is 18.7. The number of ether oxygens (including phenoxy) is 2. The van der Waals surface area contributed by atoms with Gasteiger partial charge in [-0.15, -0.1) is 11.3 Å². The minimum Gasteiger partial charge on any atom is -0.379 e. The molecule has 0 bridgehead atoms. The standard InChI is InChI=1S/C13H23N3O2S/c1-10(14)13-11(9-17-2)15-12(19-13)3-4-16-5-7-18-8-6-16/h10H,3-9,14H2,1-2H3. The lowest BCUT2D eigenvalue weighted by Gasteiger charge is -2.25. The number of hydrogen-bond donors (Lipinski definition) is 1. The van der Waals surface area contributed by atoms with Crippen LogP contribution in [0.5, 0.6) is 0 Å². The molecule has 5 nitrogen and oxygen atoms in total. The third-order valence-electron chi connectivity index (χ3n) is 3.21. The Bertz CT molecular complexity index is 389. The number of nitrogens with two attached hydrogens (primary N) is 1. The zero-order valence-electron chi connectivity index (χ0n) is 11.7. The SMILES string of the molecule is COCc1nc(CCN2CCOCC2)sc1C(C)N. The predicted molar refractivity (Wildman–Crippen MR) is 76.4 cm³/mol. The zero-order chi connectivity index (χ0) is 13.7. The first-order chi connectivity index (χ1) is 9.20. The van der Waals surface area contributed by atoms with Crippen LogP contribution in [0.2, 0.25) is 0 Å². The van der Waals surface area contributed by atoms with Gasteiger partial charge >= 0.3 is 0 Å². The Kier molecular flexibility index (Phi) is 5.72. The van der Waals surface area contributed by atoms with Crippen molar-refractivity contribution in [1.82, 2.24) is 9.88 Å². The average molecular weight is 285 g/mol. The first kappa shape index (κ1) is 14.9. The van der Waals surface area contributed by atoms with Crippen molar-refractivity contribution in [3.8, 4) is 0 Å². The van der Waals surface area contributed by atoms with Crippen LogP contribution >= 0.6 is 11.3 Å². The molecule has 0 radical (unpaired) electrons. The van der Waals surface area contributed by atoms with Gasteiger partial charge in [-0.1, -0.05) is 0 Å². The van der Waals surface area contributed by atoms with Crippen molar-refractivity contribution in [3.63, 3.8) is 0 Å². The van der Waals surface area contributed by atoms with Gasteiger partial charge in [0, 0.05) is 44.1 Å². The smallest absolute Gasteiger partial charge is 0.0945 e. The van der Waals surface area contributed by atoms with Crippen LogP contribution in [0, 0.1) is 0 Å². The Morgan fingerprint density at radius 1 is 1.47 bits per heavy atom. The summed E-state index contributed by atoms with van der Waals surface area (Å²) in [6, 6.07) is 0.0276. The van der Waals surface area contributed by atoms with Crippen LogP contribution in [-0.2, 0) is 22.5 Å². The van der Waals surface area contributed by atoms with Gasteiger partial charge in [-0.25, -0.2) is 4.98 Å². The molecule has 6 heteroatoms. The maximum atomic E-state index is 5.99. The summed E-state index contributed by atoms with van der Waals surface area (Å²) in [6.45, 7) is 7.33. The van der Waals surface area contributed by atoms with Crippen LogP contribution in [0.4, 0.5) is 0 Å². The minimum atomic E-state index is 0.0276. The maximum absolute atomic E-state index is 5.99. The Balaban J connectivity index is 1.93. The second-order valence-corrected chi connectivity index (χ2v) is 5.96. The van der Waals surface area contributed by atoms with Crippen LogP contribution in [0.25, 0.3) is 0 Å². The number of rotatable bonds is 6. The highest BCUT2D eigenvalue weighted by atomic mass is 32.1. The zero-order valence-corrected chi connectivity index (χ0v) is 12.5. The van der Waals surface area contributed by atoms with Crippen molar-refractivity contribution in [2.24, 2.45) is 5.73 Å². The van der Waals surface area contributed by atoms with Crippen LogP contribution < -0.4 is 5.73 Å². The predicted octanol–water partition coefficient (Wildman–Crippen LogP) is 1.18. The van der Waals surface area contributed by atoms with Gasteiger partial charge in [0.05, 0.1) is 30.5 Å². The van der Waals surface area contributed by atoms with E-state index in [-0.39, 0.29) is 6.04 Å². The van der Waals surface area contributed by atoms with E-state index in [0.29, 0.717) is 6.61 Å². The molecule has 1 aromatic rings. The van der Waals surface area contributed by atoms with E-state index in [9.17, 15) is 0 Å². The van der Waals surface area contributed by atoms with E-state index >= 15 is 0 Å². The second-order valence-electron chi connectivity index (χ2n) is 4.84. The van der Waals surface area contributed by atoms with Gasteiger partial charge in [-0.3, -0.25) is 4.90 Å². The molecule has 1 aromatic heterocycles. The lowest BCUT2D eigenvalue weighted by Crippen LogP contribution is -2.37. The Morgan fingerprint density at radius 3 is 2.84 bits per heavy atom. The van der Waals surface area contributed by atoms with Gasteiger partial charge in [-0.2, -0.15) is 0 Å². The summed E-state index contributed by atoms with van der Waals surface area (Å²) in [4.78, 5) is 8.24. The molecule has 1 atom stereocenters. The molecular formula is C13H23N3O2S. The van der Waals surface area contributed by atoms with Gasteiger partial charge < -0.3 is 15.2 Å². The number of thiazole rings is 1. The highest BCUT2D eigenvalue weighted by Crippen LogP contribution is 2.25. The summed E-state index contributed by atoms with van der Waals surface area (Å²) >= 11 is 1.72. The van der Waals surface area contributed by atoms with Crippen LogP contribution in [0.15, 0.2) is 0 Å². The monoisotopic (exact) mass is 285 g/mol. The molecule has 1 unspecified atom stereocenters. The van der Waals surface area contributed by atoms with E-state index in [4.69, 9.17) is 15.2 Å². The number of aromatic nitrogens is 1. The van der Waals surface area contributed by atoms with Crippen molar-refractivity contribution < 1.29 is 9.47 Å². The highest BCUT2D eigenvalue weighted by molar-refractivity contribution is 7.11. The van der Waals surface area contributed by atoms with Crippen molar-refractivity contribution >= 4 is 11.3 Å². The number of methoxy groups -OCH3 is 1. The molecule has 0 aromatic carbocycles. The summed E-state index contributed by atoms with van der Waals surface area (Å²) in [5, 5.41) is 1.16. The van der Waals surface area contributed by atoms with Crippen molar-refractivity contribution in [3.05, 3.63) is 15.6 Å². The van der Waals surface area contributed by atoms with Crippen LogP contribution in [0.1, 0.15) is 28.5 Å². The van der Waals surface area contributed by atoms with E-state index < -0.39 is 0 Å². The van der Waals surface area contributed by atoms with Gasteiger partial charge in [-0.05, 0) is 6.92 Å². The average Bonchev–Trinajstić information content (AvgIpc) is 2.81. The number of morpholine rings is 1. The summed E-state index contributed by atoms with van der Waals surface area (Å²) < 4.78 is 10.5. The molecule has 2 heterocycles. The fourth-order valence-corrected chi connectivity index (χ4v) is 3.21. The van der Waals surface area contributed by atoms with Crippen molar-refractivity contribution in [2.75, 3.05) is 40.0 Å². The van der Waals surface area contributed by atoms with Gasteiger partial charge in [0.2, 0.25) is 0 Å². The Hall–Kier alpha value is -0.530. The first-order valence-corrected chi connectivity index (χ1v) is 7.55. The van der Waals surface area contributed by atoms with Crippen LogP contribution in [-0.4, -0.2) is 49.8 Å². The number of hydrogen-bond acceptors (Lipinski definition) is 6. The van der Waals surface area contributed by atoms with Crippen LogP contribution in [0.3, 0.4) is 0 Å². The fourth-order valence-electron chi connectivity index (χ4n) is 2.20. The molecule has 0 spiro atoms. The van der Waals surface area contributed by atoms with E-state index in [2.05, 4.69) is 9.88 Å². The summed E-state index contributed by atoms with van der Waals surface area (Å²) in [7, 11) is 1.69. The molecule has 0 saturated carbocycles. The molecule has 1 saturated heterocycles. The summed E-state index contributed by atoms with van der Waals surface area (Å²) in [5.74, 6) is 0. The summed E-state index contributed by atoms with van der Waals surface area (Å²) in [6.07, 6.45) is 0.980. The van der Waals surface area contributed by atoms with E-state index in [0.717, 1.165) is 54.8 Å². The fraction of sp³-hybridized carbons (Fsp3) is 0.769.